The number of fused-ring (bicyclic) bond motifs is 1. The van der Waals surface area contributed by atoms with E-state index in [2.05, 4.69) is 15.9 Å². The van der Waals surface area contributed by atoms with Gasteiger partial charge < -0.3 is 0 Å². The van der Waals surface area contributed by atoms with E-state index in [1.54, 1.807) is 18.2 Å². The fourth-order valence-electron chi connectivity index (χ4n) is 2.06. The van der Waals surface area contributed by atoms with Gasteiger partial charge in [0.05, 0.1) is 26.6 Å². The summed E-state index contributed by atoms with van der Waals surface area (Å²) < 4.78 is 0.986. The number of rotatable bonds is 2. The Hall–Kier alpha value is -1.17. The third-order valence-corrected chi connectivity index (χ3v) is 4.80. The van der Waals surface area contributed by atoms with Crippen molar-refractivity contribution in [3.63, 3.8) is 0 Å². The van der Waals surface area contributed by atoms with Crippen molar-refractivity contribution in [1.82, 2.24) is 0 Å². The number of hydrogen-bond donors (Lipinski definition) is 0. The van der Waals surface area contributed by atoms with Gasteiger partial charge in [0.25, 0.3) is 11.7 Å². The molecule has 0 fully saturated rings. The van der Waals surface area contributed by atoms with E-state index in [1.807, 2.05) is 12.1 Å². The van der Waals surface area contributed by atoms with E-state index >= 15 is 0 Å². The van der Waals surface area contributed by atoms with E-state index < -0.39 is 11.7 Å². The Balaban J connectivity index is 2.04. The van der Waals surface area contributed by atoms with Crippen molar-refractivity contribution in [2.75, 3.05) is 4.90 Å². The molecule has 0 radical (unpaired) electrons. The molecule has 1 amide bonds. The number of anilines is 1. The molecule has 0 aliphatic carbocycles. The van der Waals surface area contributed by atoms with Crippen molar-refractivity contribution in [3.8, 4) is 0 Å². The van der Waals surface area contributed by atoms with Gasteiger partial charge in [0.2, 0.25) is 0 Å². The van der Waals surface area contributed by atoms with E-state index in [4.69, 9.17) is 11.6 Å². The Morgan fingerprint density at radius 2 is 2.00 bits per heavy atom. The van der Waals surface area contributed by atoms with Crippen molar-refractivity contribution >= 4 is 56.2 Å². The highest BCUT2D eigenvalue weighted by Crippen LogP contribution is 2.37. The minimum absolute atomic E-state index is 0.359. The van der Waals surface area contributed by atoms with Crippen LogP contribution in [0.1, 0.15) is 15.2 Å². The number of benzene rings is 1. The lowest BCUT2D eigenvalue weighted by atomic mass is 10.1. The van der Waals surface area contributed by atoms with Gasteiger partial charge in [-0.1, -0.05) is 17.7 Å². The van der Waals surface area contributed by atoms with Gasteiger partial charge in [-0.15, -0.1) is 11.3 Å². The summed E-state index contributed by atoms with van der Waals surface area (Å²) in [5, 5.41) is 0.423. The van der Waals surface area contributed by atoms with E-state index in [0.717, 1.165) is 8.66 Å². The van der Waals surface area contributed by atoms with Gasteiger partial charge in [-0.25, -0.2) is 0 Å². The van der Waals surface area contributed by atoms with Crippen LogP contribution in [-0.4, -0.2) is 11.7 Å². The normalized spacial score (nSPS) is 14.1. The highest BCUT2D eigenvalue weighted by molar-refractivity contribution is 9.11. The number of hydrogen-bond acceptors (Lipinski definition) is 3. The molecule has 1 aliphatic rings. The molecule has 0 bridgehead atoms. The zero-order valence-electron chi connectivity index (χ0n) is 9.52. The molecule has 2 aromatic rings. The van der Waals surface area contributed by atoms with Gasteiger partial charge in [0.1, 0.15) is 0 Å². The number of carbonyl (C=O) groups is 2. The van der Waals surface area contributed by atoms with Crippen LogP contribution in [0.5, 0.6) is 0 Å². The van der Waals surface area contributed by atoms with Crippen LogP contribution in [0.3, 0.4) is 0 Å². The number of Topliss-reactive ketones (excluding diaryl/α,β-unsaturated/α-hetero) is 1. The van der Waals surface area contributed by atoms with Crippen molar-refractivity contribution in [1.29, 1.82) is 0 Å². The van der Waals surface area contributed by atoms with Crippen LogP contribution in [0.25, 0.3) is 0 Å². The first-order chi connectivity index (χ1) is 9.08. The van der Waals surface area contributed by atoms with Gasteiger partial charge in [-0.05, 0) is 40.2 Å². The highest BCUT2D eigenvalue weighted by atomic mass is 79.9. The summed E-state index contributed by atoms with van der Waals surface area (Å²) in [7, 11) is 0. The Kier molecular flexibility index (Phi) is 3.20. The van der Waals surface area contributed by atoms with Crippen molar-refractivity contribution in [2.45, 2.75) is 6.54 Å². The smallest absolute Gasteiger partial charge is 0.298 e. The first-order valence-corrected chi connectivity index (χ1v) is 7.45. The van der Waals surface area contributed by atoms with E-state index in [-0.39, 0.29) is 0 Å². The molecule has 96 valence electrons. The molecule has 1 aromatic heterocycles. The fourth-order valence-corrected chi connectivity index (χ4v) is 3.80. The summed E-state index contributed by atoms with van der Waals surface area (Å²) in [6.07, 6.45) is 0. The number of halogens is 2. The number of amides is 1. The number of thiophene rings is 1. The molecule has 1 aliphatic heterocycles. The molecule has 2 heterocycles. The second-order valence-electron chi connectivity index (χ2n) is 4.06. The molecule has 0 atom stereocenters. The SMILES string of the molecule is O=C1C(=O)N(Cc2ccc(Br)s2)c2c(Cl)cccc21. The van der Waals surface area contributed by atoms with Crippen molar-refractivity contribution in [2.24, 2.45) is 0 Å². The monoisotopic (exact) mass is 355 g/mol. The summed E-state index contributed by atoms with van der Waals surface area (Å²) in [4.78, 5) is 26.4. The molecule has 0 saturated heterocycles. The average Bonchev–Trinajstić information content (AvgIpc) is 2.89. The molecule has 3 nitrogen and oxygen atoms in total. The summed E-state index contributed by atoms with van der Waals surface area (Å²) in [6.45, 7) is 0.359. The van der Waals surface area contributed by atoms with E-state index in [1.165, 1.54) is 16.2 Å². The highest BCUT2D eigenvalue weighted by Gasteiger charge is 2.37. The molecule has 1 aromatic carbocycles. The summed E-state index contributed by atoms with van der Waals surface area (Å²) in [5.74, 6) is -1.01. The number of para-hydroxylation sites is 1. The Morgan fingerprint density at radius 3 is 2.68 bits per heavy atom. The van der Waals surface area contributed by atoms with Crippen LogP contribution < -0.4 is 4.90 Å². The fraction of sp³-hybridized carbons (Fsp3) is 0.0769. The van der Waals surface area contributed by atoms with Crippen LogP contribution >= 0.6 is 38.9 Å². The topological polar surface area (TPSA) is 37.4 Å². The van der Waals surface area contributed by atoms with Crippen LogP contribution in [0, 0.1) is 0 Å². The van der Waals surface area contributed by atoms with Crippen LogP contribution in [-0.2, 0) is 11.3 Å². The average molecular weight is 357 g/mol. The molecular weight excluding hydrogens is 350 g/mol. The maximum Gasteiger partial charge on any atom is 0.299 e. The van der Waals surface area contributed by atoms with Crippen molar-refractivity contribution < 1.29 is 9.59 Å². The largest absolute Gasteiger partial charge is 0.299 e. The predicted molar refractivity (Wildman–Crippen MR) is 79.0 cm³/mol. The van der Waals surface area contributed by atoms with Gasteiger partial charge in [-0.3, -0.25) is 14.5 Å². The van der Waals surface area contributed by atoms with Gasteiger partial charge in [-0.2, -0.15) is 0 Å². The lowest BCUT2D eigenvalue weighted by molar-refractivity contribution is -0.114. The number of ketones is 1. The van der Waals surface area contributed by atoms with Crippen LogP contribution in [0.4, 0.5) is 5.69 Å². The summed E-state index contributed by atoms with van der Waals surface area (Å²) in [5.41, 5.74) is 0.900. The molecule has 0 saturated carbocycles. The Bertz CT molecular complexity index is 698. The summed E-state index contributed by atoms with van der Waals surface area (Å²) in [6, 6.07) is 8.82. The van der Waals surface area contributed by atoms with E-state index in [0.29, 0.717) is 22.8 Å². The molecule has 6 heteroatoms. The lowest BCUT2D eigenvalue weighted by Crippen LogP contribution is -2.28. The minimum atomic E-state index is -0.521. The zero-order valence-corrected chi connectivity index (χ0v) is 12.7. The molecule has 19 heavy (non-hydrogen) atoms. The molecular formula is C13H7BrClNO2S. The van der Waals surface area contributed by atoms with Crippen LogP contribution in [0.15, 0.2) is 34.1 Å². The molecule has 0 N–H and O–H groups in total. The first kappa shape index (κ1) is 12.8. The lowest BCUT2D eigenvalue weighted by Gasteiger charge is -2.16. The third kappa shape index (κ3) is 2.12. The van der Waals surface area contributed by atoms with Gasteiger partial charge in [0, 0.05) is 4.88 Å². The maximum absolute atomic E-state index is 12.0. The molecule has 0 spiro atoms. The third-order valence-electron chi connectivity index (χ3n) is 2.88. The number of nitrogens with zero attached hydrogens (tertiary/aromatic N) is 1. The van der Waals surface area contributed by atoms with Gasteiger partial charge >= 0.3 is 0 Å². The minimum Gasteiger partial charge on any atom is -0.298 e. The second kappa shape index (κ2) is 4.74. The predicted octanol–water partition coefficient (Wildman–Crippen LogP) is 3.89. The van der Waals surface area contributed by atoms with Crippen molar-refractivity contribution in [3.05, 3.63) is 49.6 Å². The standard InChI is InChI=1S/C13H7BrClNO2S/c14-10-5-4-7(19-10)6-16-11-8(12(17)13(16)18)2-1-3-9(11)15/h1-5H,6H2. The first-order valence-electron chi connectivity index (χ1n) is 5.47. The number of carbonyl (C=O) groups excluding carboxylic acids is 2. The quantitative estimate of drug-likeness (QED) is 0.766. The van der Waals surface area contributed by atoms with Gasteiger partial charge in [0.15, 0.2) is 0 Å². The van der Waals surface area contributed by atoms with Crippen LogP contribution in [0.2, 0.25) is 5.02 Å². The molecule has 3 rings (SSSR count). The summed E-state index contributed by atoms with van der Waals surface area (Å²) >= 11 is 11.0. The zero-order chi connectivity index (χ0) is 13.6. The second-order valence-corrected chi connectivity index (χ2v) is 7.02. The van der Waals surface area contributed by atoms with E-state index in [9.17, 15) is 9.59 Å². The Morgan fingerprint density at radius 1 is 1.21 bits per heavy atom. The molecule has 0 unspecified atom stereocenters. The Labute approximate surface area is 126 Å². The maximum atomic E-state index is 12.0.